The van der Waals surface area contributed by atoms with Crippen molar-refractivity contribution in [2.45, 2.75) is 30.3 Å². The van der Waals surface area contributed by atoms with Crippen LogP contribution in [0.3, 0.4) is 0 Å². The van der Waals surface area contributed by atoms with Crippen LogP contribution in [0.2, 0.25) is 0 Å². The van der Waals surface area contributed by atoms with Crippen molar-refractivity contribution in [2.24, 2.45) is 5.92 Å². The largest absolute Gasteiger partial charge is 0.481 e. The van der Waals surface area contributed by atoms with Gasteiger partial charge >= 0.3 is 12.1 Å². The van der Waals surface area contributed by atoms with Gasteiger partial charge in [-0.3, -0.25) is 4.79 Å². The van der Waals surface area contributed by atoms with Gasteiger partial charge in [-0.05, 0) is 59.7 Å². The third-order valence-electron chi connectivity index (χ3n) is 4.70. The Morgan fingerprint density at radius 1 is 1.07 bits per heavy atom. The number of sulfonamides is 1. The number of rotatable bonds is 6. The first-order chi connectivity index (χ1) is 13.0. The molecule has 1 unspecified atom stereocenters. The number of nitrogens with one attached hydrogen (secondary N) is 1. The Balaban J connectivity index is 1.63. The lowest BCUT2D eigenvalue weighted by molar-refractivity contribution is -0.138. The van der Waals surface area contributed by atoms with Crippen molar-refractivity contribution in [3.8, 4) is 0 Å². The fraction of sp³-hybridized carbons (Fsp3) is 0.316. The van der Waals surface area contributed by atoms with Gasteiger partial charge in [-0.15, -0.1) is 0 Å². The third-order valence-corrected chi connectivity index (χ3v) is 6.14. The van der Waals surface area contributed by atoms with Gasteiger partial charge in [-0.25, -0.2) is 13.1 Å². The van der Waals surface area contributed by atoms with Crippen molar-refractivity contribution in [2.75, 3.05) is 6.54 Å². The molecule has 0 saturated carbocycles. The Morgan fingerprint density at radius 3 is 2.32 bits per heavy atom. The summed E-state index contributed by atoms with van der Waals surface area (Å²) in [5.41, 5.74) is 1.83. The van der Waals surface area contributed by atoms with E-state index in [1.165, 1.54) is 0 Å². The monoisotopic (exact) mass is 413 g/mol. The molecule has 0 radical (unpaired) electrons. The van der Waals surface area contributed by atoms with Crippen LogP contribution in [-0.2, 0) is 40.3 Å². The van der Waals surface area contributed by atoms with E-state index < -0.39 is 27.7 Å². The molecule has 3 rings (SSSR count). The number of carboxylic acids is 1. The molecule has 0 heterocycles. The Labute approximate surface area is 160 Å². The lowest BCUT2D eigenvalue weighted by atomic mass is 10.0. The van der Waals surface area contributed by atoms with Gasteiger partial charge in [0.2, 0.25) is 10.0 Å². The molecule has 28 heavy (non-hydrogen) atoms. The molecule has 150 valence electrons. The lowest BCUT2D eigenvalue weighted by Gasteiger charge is -2.12. The van der Waals surface area contributed by atoms with Crippen LogP contribution in [0.5, 0.6) is 0 Å². The molecule has 0 amide bonds. The highest BCUT2D eigenvalue weighted by Crippen LogP contribution is 2.30. The normalized spacial score (nSPS) is 16.8. The van der Waals surface area contributed by atoms with E-state index >= 15 is 0 Å². The van der Waals surface area contributed by atoms with E-state index in [9.17, 15) is 26.4 Å². The molecule has 2 N–H and O–H groups in total. The van der Waals surface area contributed by atoms with Crippen LogP contribution in [0.25, 0.3) is 0 Å². The van der Waals surface area contributed by atoms with Crippen LogP contribution in [-0.4, -0.2) is 26.0 Å². The number of benzene rings is 2. The zero-order valence-corrected chi connectivity index (χ0v) is 15.5. The summed E-state index contributed by atoms with van der Waals surface area (Å²) in [4.78, 5) is 10.6. The minimum Gasteiger partial charge on any atom is -0.481 e. The fourth-order valence-corrected chi connectivity index (χ4v) is 4.44. The van der Waals surface area contributed by atoms with Gasteiger partial charge in [0.15, 0.2) is 0 Å². The van der Waals surface area contributed by atoms with Crippen molar-refractivity contribution >= 4 is 16.0 Å². The van der Waals surface area contributed by atoms with E-state index in [-0.39, 0.29) is 23.8 Å². The van der Waals surface area contributed by atoms with E-state index in [4.69, 9.17) is 5.11 Å². The Kier molecular flexibility index (Phi) is 5.49. The summed E-state index contributed by atoms with van der Waals surface area (Å²) in [6, 6.07) is 8.79. The molecular weight excluding hydrogens is 395 g/mol. The average molecular weight is 413 g/mol. The quantitative estimate of drug-likeness (QED) is 0.763. The molecule has 9 heteroatoms. The number of carboxylic acid groups (broad SMARTS) is 1. The number of aliphatic carboxylic acids is 1. The molecule has 5 nitrogen and oxygen atoms in total. The third kappa shape index (κ3) is 4.71. The minimum absolute atomic E-state index is 0.000647. The van der Waals surface area contributed by atoms with E-state index in [0.717, 1.165) is 35.4 Å². The molecule has 2 aromatic rings. The maximum atomic E-state index is 12.6. The van der Waals surface area contributed by atoms with Crippen LogP contribution in [0.1, 0.15) is 22.3 Å². The van der Waals surface area contributed by atoms with E-state index in [1.54, 1.807) is 6.07 Å². The Morgan fingerprint density at radius 2 is 1.71 bits per heavy atom. The number of hydrogen-bond donors (Lipinski definition) is 2. The molecule has 1 atom stereocenters. The van der Waals surface area contributed by atoms with Crippen LogP contribution >= 0.6 is 0 Å². The van der Waals surface area contributed by atoms with Crippen LogP contribution in [0, 0.1) is 5.92 Å². The fourth-order valence-electron chi connectivity index (χ4n) is 3.33. The summed E-state index contributed by atoms with van der Waals surface area (Å²) in [7, 11) is -3.92. The highest BCUT2D eigenvalue weighted by atomic mass is 32.2. The highest BCUT2D eigenvalue weighted by Gasteiger charge is 2.31. The molecule has 0 fully saturated rings. The summed E-state index contributed by atoms with van der Waals surface area (Å²) in [6.45, 7) is 0.145. The van der Waals surface area contributed by atoms with Gasteiger partial charge in [0.1, 0.15) is 0 Å². The standard InChI is InChI=1S/C19H18F3NO4S/c20-19(21,22)16-3-5-17(6-4-16)28(26,27)23-11-13-8-14-2-1-12(10-18(24)25)7-15(14)9-13/h1-7,13,23H,8-11H2,(H,24,25). The summed E-state index contributed by atoms with van der Waals surface area (Å²) in [5, 5.41) is 8.87. The SMILES string of the molecule is O=C(O)Cc1ccc2c(c1)CC(CNS(=O)(=O)c1ccc(C(F)(F)F)cc1)C2. The van der Waals surface area contributed by atoms with Gasteiger partial charge < -0.3 is 5.11 Å². The van der Waals surface area contributed by atoms with Crippen molar-refractivity contribution in [1.82, 2.24) is 4.72 Å². The lowest BCUT2D eigenvalue weighted by Crippen LogP contribution is -2.29. The molecular formula is C19H18F3NO4S. The van der Waals surface area contributed by atoms with Crippen LogP contribution < -0.4 is 4.72 Å². The summed E-state index contributed by atoms with van der Waals surface area (Å²) < 4.78 is 64.9. The molecule has 0 saturated heterocycles. The number of fused-ring (bicyclic) bond motifs is 1. The Bertz CT molecular complexity index is 985. The Hall–Kier alpha value is -2.39. The summed E-state index contributed by atoms with van der Waals surface area (Å²) in [6.07, 6.45) is -3.33. The molecule has 1 aliphatic carbocycles. The second kappa shape index (κ2) is 7.56. The van der Waals surface area contributed by atoms with Gasteiger partial charge in [0, 0.05) is 6.54 Å². The first-order valence-corrected chi connectivity index (χ1v) is 10.0. The highest BCUT2D eigenvalue weighted by molar-refractivity contribution is 7.89. The molecule has 0 bridgehead atoms. The molecule has 0 aliphatic heterocycles. The first-order valence-electron chi connectivity index (χ1n) is 8.54. The van der Waals surface area contributed by atoms with Crippen LogP contribution in [0.4, 0.5) is 13.2 Å². The maximum absolute atomic E-state index is 12.6. The van der Waals surface area contributed by atoms with E-state index in [0.29, 0.717) is 18.4 Å². The van der Waals surface area contributed by atoms with Crippen LogP contribution in [0.15, 0.2) is 47.4 Å². The number of alkyl halides is 3. The second-order valence-electron chi connectivity index (χ2n) is 6.82. The summed E-state index contributed by atoms with van der Waals surface area (Å²) >= 11 is 0. The van der Waals surface area contributed by atoms with E-state index in [2.05, 4.69) is 4.72 Å². The van der Waals surface area contributed by atoms with E-state index in [1.807, 2.05) is 12.1 Å². The smallest absolute Gasteiger partial charge is 0.416 e. The predicted molar refractivity (Wildman–Crippen MR) is 95.3 cm³/mol. The topological polar surface area (TPSA) is 83.5 Å². The number of halogens is 3. The van der Waals surface area contributed by atoms with Crippen molar-refractivity contribution in [1.29, 1.82) is 0 Å². The summed E-state index contributed by atoms with van der Waals surface area (Å²) in [5.74, 6) is -0.918. The van der Waals surface area contributed by atoms with Gasteiger partial charge in [-0.2, -0.15) is 13.2 Å². The van der Waals surface area contributed by atoms with Crippen molar-refractivity contribution < 1.29 is 31.5 Å². The number of hydrogen-bond acceptors (Lipinski definition) is 3. The van der Waals surface area contributed by atoms with Crippen molar-refractivity contribution in [3.63, 3.8) is 0 Å². The second-order valence-corrected chi connectivity index (χ2v) is 8.59. The molecule has 1 aliphatic rings. The van der Waals surface area contributed by atoms with Gasteiger partial charge in [0.05, 0.1) is 16.9 Å². The minimum atomic E-state index is -4.52. The first kappa shape index (κ1) is 20.3. The molecule has 2 aromatic carbocycles. The average Bonchev–Trinajstić information content (AvgIpc) is 3.01. The van der Waals surface area contributed by atoms with Crippen molar-refractivity contribution in [3.05, 3.63) is 64.7 Å². The zero-order valence-electron chi connectivity index (χ0n) is 14.7. The van der Waals surface area contributed by atoms with Gasteiger partial charge in [0.25, 0.3) is 0 Å². The number of carbonyl (C=O) groups is 1. The van der Waals surface area contributed by atoms with Gasteiger partial charge in [-0.1, -0.05) is 18.2 Å². The predicted octanol–water partition coefficient (Wildman–Crippen LogP) is 3.03. The molecule has 0 aromatic heterocycles. The zero-order chi connectivity index (χ0) is 20.5. The maximum Gasteiger partial charge on any atom is 0.416 e. The molecule has 0 spiro atoms.